The van der Waals surface area contributed by atoms with E-state index in [9.17, 15) is 4.79 Å². The third-order valence-electron chi connectivity index (χ3n) is 2.66. The number of carbonyl (C=O) groups is 1. The van der Waals surface area contributed by atoms with E-state index < -0.39 is 5.97 Å². The van der Waals surface area contributed by atoms with Crippen molar-refractivity contribution in [2.45, 2.75) is 24.0 Å². The molecule has 4 nitrogen and oxygen atoms in total. The number of benzene rings is 1. The van der Waals surface area contributed by atoms with Gasteiger partial charge in [0.05, 0.1) is 17.0 Å². The molecule has 1 aromatic heterocycles. The number of rotatable bonds is 5. The van der Waals surface area contributed by atoms with Gasteiger partial charge >= 0.3 is 5.97 Å². The Kier molecular flexibility index (Phi) is 5.14. The minimum absolute atomic E-state index is 0.185. The van der Waals surface area contributed by atoms with Gasteiger partial charge in [-0.1, -0.05) is 22.9 Å². The zero-order valence-electron chi connectivity index (χ0n) is 10.8. The zero-order chi connectivity index (χ0) is 14.5. The molecule has 0 amide bonds. The highest BCUT2D eigenvalue weighted by atomic mass is 79.9. The number of aromatic carboxylic acids is 1. The van der Waals surface area contributed by atoms with E-state index in [1.54, 1.807) is 11.8 Å². The molecule has 0 spiro atoms. The van der Waals surface area contributed by atoms with Crippen LogP contribution in [0.25, 0.3) is 0 Å². The maximum atomic E-state index is 11.0. The van der Waals surface area contributed by atoms with Gasteiger partial charge in [0, 0.05) is 15.6 Å². The van der Waals surface area contributed by atoms with Gasteiger partial charge in [-0.3, -0.25) is 0 Å². The van der Waals surface area contributed by atoms with Crippen LogP contribution in [-0.4, -0.2) is 21.0 Å². The second kappa shape index (κ2) is 6.85. The first-order valence-electron chi connectivity index (χ1n) is 6.06. The molecule has 2 aromatic rings. The summed E-state index contributed by atoms with van der Waals surface area (Å²) in [5.41, 5.74) is 0.767. The SMILES string of the molecule is CCc1nc(CSc2ccc(Br)cc2)ncc1C(=O)O. The third-order valence-corrected chi connectivity index (χ3v) is 4.20. The number of hydrogen-bond acceptors (Lipinski definition) is 4. The van der Waals surface area contributed by atoms with E-state index in [2.05, 4.69) is 25.9 Å². The van der Waals surface area contributed by atoms with Gasteiger partial charge in [0.15, 0.2) is 0 Å². The fourth-order valence-electron chi connectivity index (χ4n) is 1.65. The molecule has 0 bridgehead atoms. The smallest absolute Gasteiger partial charge is 0.339 e. The quantitative estimate of drug-likeness (QED) is 0.829. The van der Waals surface area contributed by atoms with Crippen LogP contribution in [0.15, 0.2) is 39.8 Å². The van der Waals surface area contributed by atoms with Crippen molar-refractivity contribution in [3.05, 3.63) is 52.0 Å². The molecule has 0 saturated carbocycles. The summed E-state index contributed by atoms with van der Waals surface area (Å²) in [4.78, 5) is 20.6. The summed E-state index contributed by atoms with van der Waals surface area (Å²) < 4.78 is 1.04. The molecular weight excluding hydrogens is 340 g/mol. The van der Waals surface area contributed by atoms with Gasteiger partial charge in [0.2, 0.25) is 0 Å². The fourth-order valence-corrected chi connectivity index (χ4v) is 2.68. The maximum Gasteiger partial charge on any atom is 0.339 e. The molecule has 0 aliphatic rings. The van der Waals surface area contributed by atoms with E-state index in [0.29, 0.717) is 23.7 Å². The van der Waals surface area contributed by atoms with Gasteiger partial charge in [-0.05, 0) is 30.7 Å². The van der Waals surface area contributed by atoms with E-state index in [1.165, 1.54) is 6.20 Å². The average Bonchev–Trinajstić information content (AvgIpc) is 2.46. The molecule has 0 radical (unpaired) electrons. The monoisotopic (exact) mass is 352 g/mol. The lowest BCUT2D eigenvalue weighted by Crippen LogP contribution is -2.07. The van der Waals surface area contributed by atoms with Crippen LogP contribution in [0.4, 0.5) is 0 Å². The Labute approximate surface area is 129 Å². The predicted octanol–water partition coefficient (Wildman–Crippen LogP) is 3.79. The molecule has 6 heteroatoms. The van der Waals surface area contributed by atoms with E-state index in [4.69, 9.17) is 5.11 Å². The molecule has 0 aliphatic carbocycles. The van der Waals surface area contributed by atoms with Gasteiger partial charge in [0.1, 0.15) is 5.82 Å². The lowest BCUT2D eigenvalue weighted by molar-refractivity contribution is 0.0694. The van der Waals surface area contributed by atoms with E-state index in [0.717, 1.165) is 9.37 Å². The van der Waals surface area contributed by atoms with Crippen molar-refractivity contribution in [3.8, 4) is 0 Å². The summed E-state index contributed by atoms with van der Waals surface area (Å²) in [7, 11) is 0. The van der Waals surface area contributed by atoms with Crippen LogP contribution < -0.4 is 0 Å². The summed E-state index contributed by atoms with van der Waals surface area (Å²) >= 11 is 5.01. The second-order valence-electron chi connectivity index (χ2n) is 4.05. The van der Waals surface area contributed by atoms with Crippen molar-refractivity contribution in [2.24, 2.45) is 0 Å². The minimum Gasteiger partial charge on any atom is -0.478 e. The fraction of sp³-hybridized carbons (Fsp3) is 0.214. The third kappa shape index (κ3) is 3.80. The first kappa shape index (κ1) is 15.0. The lowest BCUT2D eigenvalue weighted by Gasteiger charge is -2.05. The molecule has 0 fully saturated rings. The molecular formula is C14H13BrN2O2S. The van der Waals surface area contributed by atoms with E-state index in [1.807, 2.05) is 31.2 Å². The molecule has 20 heavy (non-hydrogen) atoms. The van der Waals surface area contributed by atoms with E-state index >= 15 is 0 Å². The van der Waals surface area contributed by atoms with Crippen LogP contribution in [0.1, 0.15) is 28.8 Å². The van der Waals surface area contributed by atoms with Crippen LogP contribution >= 0.6 is 27.7 Å². The Morgan fingerprint density at radius 1 is 1.35 bits per heavy atom. The summed E-state index contributed by atoms with van der Waals surface area (Å²) in [6.45, 7) is 1.89. The molecule has 0 unspecified atom stereocenters. The Bertz CT molecular complexity index is 617. The first-order valence-corrected chi connectivity index (χ1v) is 7.84. The molecule has 1 aromatic carbocycles. The van der Waals surface area contributed by atoms with Crippen LogP contribution in [0.3, 0.4) is 0 Å². The molecule has 2 rings (SSSR count). The van der Waals surface area contributed by atoms with Gasteiger partial charge < -0.3 is 5.11 Å². The standard InChI is InChI=1S/C14H13BrN2O2S/c1-2-12-11(14(18)19)7-16-13(17-12)8-20-10-5-3-9(15)4-6-10/h3-7H,2,8H2,1H3,(H,18,19). The number of carboxylic acids is 1. The van der Waals surface area contributed by atoms with Crippen molar-refractivity contribution in [1.29, 1.82) is 0 Å². The minimum atomic E-state index is -0.978. The summed E-state index contributed by atoms with van der Waals surface area (Å²) in [6, 6.07) is 7.99. The van der Waals surface area contributed by atoms with Crippen LogP contribution in [0, 0.1) is 0 Å². The summed E-state index contributed by atoms with van der Waals surface area (Å²) in [6.07, 6.45) is 1.98. The van der Waals surface area contributed by atoms with E-state index in [-0.39, 0.29) is 5.56 Å². The Morgan fingerprint density at radius 3 is 2.65 bits per heavy atom. The van der Waals surface area contributed by atoms with Gasteiger partial charge in [-0.2, -0.15) is 0 Å². The normalized spacial score (nSPS) is 10.5. The predicted molar refractivity (Wildman–Crippen MR) is 82.1 cm³/mol. The summed E-state index contributed by atoms with van der Waals surface area (Å²) in [5.74, 6) is 0.294. The van der Waals surface area contributed by atoms with Crippen molar-refractivity contribution >= 4 is 33.7 Å². The maximum absolute atomic E-state index is 11.0. The van der Waals surface area contributed by atoms with Gasteiger partial charge in [-0.15, -0.1) is 11.8 Å². The van der Waals surface area contributed by atoms with Crippen molar-refractivity contribution in [2.75, 3.05) is 0 Å². The highest BCUT2D eigenvalue weighted by Crippen LogP contribution is 2.23. The average molecular weight is 353 g/mol. The highest BCUT2D eigenvalue weighted by Gasteiger charge is 2.12. The number of thioether (sulfide) groups is 1. The second-order valence-corrected chi connectivity index (χ2v) is 6.01. The number of aromatic nitrogens is 2. The molecule has 104 valence electrons. The van der Waals surface area contributed by atoms with Crippen LogP contribution in [0.2, 0.25) is 0 Å². The molecule has 0 saturated heterocycles. The number of carboxylic acid groups (broad SMARTS) is 1. The molecule has 0 aliphatic heterocycles. The Balaban J connectivity index is 2.10. The lowest BCUT2D eigenvalue weighted by atomic mass is 10.2. The van der Waals surface area contributed by atoms with Crippen LogP contribution in [-0.2, 0) is 12.2 Å². The number of nitrogens with zero attached hydrogens (tertiary/aromatic N) is 2. The number of halogens is 1. The number of hydrogen-bond donors (Lipinski definition) is 1. The zero-order valence-corrected chi connectivity index (χ0v) is 13.2. The topological polar surface area (TPSA) is 63.1 Å². The molecule has 1 N–H and O–H groups in total. The highest BCUT2D eigenvalue weighted by molar-refractivity contribution is 9.10. The summed E-state index contributed by atoms with van der Waals surface area (Å²) in [5, 5.41) is 9.03. The van der Waals surface area contributed by atoms with Crippen molar-refractivity contribution in [3.63, 3.8) is 0 Å². The van der Waals surface area contributed by atoms with Gasteiger partial charge in [0.25, 0.3) is 0 Å². The molecule has 1 heterocycles. The van der Waals surface area contributed by atoms with Gasteiger partial charge in [-0.25, -0.2) is 14.8 Å². The van der Waals surface area contributed by atoms with Crippen molar-refractivity contribution < 1.29 is 9.90 Å². The van der Waals surface area contributed by atoms with Crippen LogP contribution in [0.5, 0.6) is 0 Å². The Hall–Kier alpha value is -1.40. The number of aryl methyl sites for hydroxylation is 1. The largest absolute Gasteiger partial charge is 0.478 e. The van der Waals surface area contributed by atoms with Crippen molar-refractivity contribution in [1.82, 2.24) is 9.97 Å². The molecule has 0 atom stereocenters. The Morgan fingerprint density at radius 2 is 2.05 bits per heavy atom. The first-order chi connectivity index (χ1) is 9.60.